The Kier molecular flexibility index (Phi) is 4.65. The van der Waals surface area contributed by atoms with Crippen LogP contribution in [0.25, 0.3) is 11.8 Å². The van der Waals surface area contributed by atoms with Gasteiger partial charge in [-0.05, 0) is 56.9 Å². The minimum atomic E-state index is -0.361. The van der Waals surface area contributed by atoms with Crippen molar-refractivity contribution in [3.8, 4) is 11.8 Å². The molecule has 1 aliphatic carbocycles. The number of aryl methyl sites for hydroxylation is 3. The molecule has 1 amide bonds. The second-order valence-electron chi connectivity index (χ2n) is 6.41. The summed E-state index contributed by atoms with van der Waals surface area (Å²) in [6.45, 7) is 5.80. The minimum absolute atomic E-state index is 0.0393. The zero-order valence-corrected chi connectivity index (χ0v) is 15.2. The van der Waals surface area contributed by atoms with Crippen LogP contribution >= 0.6 is 11.6 Å². The Morgan fingerprint density at radius 1 is 1.40 bits per heavy atom. The van der Waals surface area contributed by atoms with E-state index in [1.165, 1.54) is 6.08 Å². The van der Waals surface area contributed by atoms with Gasteiger partial charge in [0, 0.05) is 11.6 Å². The highest BCUT2D eigenvalue weighted by Crippen LogP contribution is 2.28. The third kappa shape index (κ3) is 3.59. The second kappa shape index (κ2) is 6.73. The van der Waals surface area contributed by atoms with Crippen molar-refractivity contribution in [2.75, 3.05) is 0 Å². The molecule has 1 N–H and O–H groups in total. The van der Waals surface area contributed by atoms with E-state index in [1.807, 2.05) is 45.0 Å². The summed E-state index contributed by atoms with van der Waals surface area (Å²) in [5, 5.41) is 17.0. The van der Waals surface area contributed by atoms with Gasteiger partial charge in [0.05, 0.1) is 11.4 Å². The van der Waals surface area contributed by atoms with Crippen LogP contribution in [0.4, 0.5) is 0 Å². The van der Waals surface area contributed by atoms with Gasteiger partial charge in [-0.15, -0.1) is 0 Å². The standard InChI is InChI=1S/C19H19ClN4O/c1-11-4-5-12(2)17(8-11)24-18(20)16(13(3)23-24)9-14(10-21)19(25)22-15-6-7-15/h4-5,8-9,15H,6-7H2,1-3H3,(H,22,25)/b14-9+. The first-order valence-corrected chi connectivity index (χ1v) is 8.54. The molecule has 5 nitrogen and oxygen atoms in total. The molecule has 1 saturated carbocycles. The Labute approximate surface area is 151 Å². The molecule has 1 aromatic heterocycles. The zero-order chi connectivity index (χ0) is 18.1. The van der Waals surface area contributed by atoms with E-state index in [1.54, 1.807) is 4.68 Å². The van der Waals surface area contributed by atoms with Crippen molar-refractivity contribution in [1.29, 1.82) is 5.26 Å². The molecule has 3 rings (SSSR count). The highest BCUT2D eigenvalue weighted by Gasteiger charge is 2.25. The third-order valence-corrected chi connectivity index (χ3v) is 4.57. The van der Waals surface area contributed by atoms with Crippen LogP contribution in [0.3, 0.4) is 0 Å². The fourth-order valence-electron chi connectivity index (χ4n) is 2.57. The number of benzene rings is 1. The Hall–Kier alpha value is -2.58. The lowest BCUT2D eigenvalue weighted by atomic mass is 10.1. The normalized spacial score (nSPS) is 14.3. The van der Waals surface area contributed by atoms with Crippen LogP contribution < -0.4 is 5.32 Å². The Morgan fingerprint density at radius 3 is 2.76 bits per heavy atom. The fourth-order valence-corrected chi connectivity index (χ4v) is 2.89. The van der Waals surface area contributed by atoms with Gasteiger partial charge < -0.3 is 5.32 Å². The summed E-state index contributed by atoms with van der Waals surface area (Å²) in [6.07, 6.45) is 3.45. The number of halogens is 1. The second-order valence-corrected chi connectivity index (χ2v) is 6.77. The van der Waals surface area contributed by atoms with Crippen molar-refractivity contribution in [2.45, 2.75) is 39.7 Å². The molecule has 0 atom stereocenters. The largest absolute Gasteiger partial charge is 0.349 e. The number of hydrogen-bond acceptors (Lipinski definition) is 3. The molecule has 0 radical (unpaired) electrons. The van der Waals surface area contributed by atoms with Crippen LogP contribution in [0.2, 0.25) is 5.15 Å². The molecular formula is C19H19ClN4O. The zero-order valence-electron chi connectivity index (χ0n) is 14.4. The first-order valence-electron chi connectivity index (χ1n) is 8.16. The van der Waals surface area contributed by atoms with Gasteiger partial charge in [-0.3, -0.25) is 4.79 Å². The van der Waals surface area contributed by atoms with Gasteiger partial charge in [-0.2, -0.15) is 10.4 Å². The smallest absolute Gasteiger partial charge is 0.262 e. The lowest BCUT2D eigenvalue weighted by Gasteiger charge is -2.08. The molecule has 1 aliphatic rings. The highest BCUT2D eigenvalue weighted by molar-refractivity contribution is 6.31. The van der Waals surface area contributed by atoms with Crippen molar-refractivity contribution in [1.82, 2.24) is 15.1 Å². The number of nitrogens with one attached hydrogen (secondary N) is 1. The van der Waals surface area contributed by atoms with E-state index >= 15 is 0 Å². The number of carbonyl (C=O) groups is 1. The Bertz CT molecular complexity index is 916. The van der Waals surface area contributed by atoms with E-state index < -0.39 is 0 Å². The van der Waals surface area contributed by atoms with Crippen molar-refractivity contribution in [2.24, 2.45) is 0 Å². The summed E-state index contributed by atoms with van der Waals surface area (Å²) in [6, 6.07) is 8.20. The van der Waals surface area contributed by atoms with Crippen molar-refractivity contribution in [3.63, 3.8) is 0 Å². The Morgan fingerprint density at radius 2 is 2.12 bits per heavy atom. The first kappa shape index (κ1) is 17.2. The predicted octanol–water partition coefficient (Wildman–Crippen LogP) is 3.64. The summed E-state index contributed by atoms with van der Waals surface area (Å²) >= 11 is 6.53. The number of rotatable bonds is 4. The van der Waals surface area contributed by atoms with Gasteiger partial charge in [0.25, 0.3) is 5.91 Å². The van der Waals surface area contributed by atoms with Crippen LogP contribution in [0.15, 0.2) is 23.8 Å². The lowest BCUT2D eigenvalue weighted by Crippen LogP contribution is -2.26. The SMILES string of the molecule is Cc1ccc(C)c(-n2nc(C)c(/C=C(\C#N)C(=O)NC3CC3)c2Cl)c1. The maximum atomic E-state index is 12.2. The lowest BCUT2D eigenvalue weighted by molar-refractivity contribution is -0.117. The van der Waals surface area contributed by atoms with E-state index in [0.29, 0.717) is 16.4 Å². The first-order chi connectivity index (χ1) is 11.9. The highest BCUT2D eigenvalue weighted by atomic mass is 35.5. The summed E-state index contributed by atoms with van der Waals surface area (Å²) < 4.78 is 1.65. The number of aromatic nitrogens is 2. The van der Waals surface area contributed by atoms with E-state index in [0.717, 1.165) is 29.7 Å². The number of amides is 1. The average Bonchev–Trinajstić information content (AvgIpc) is 3.34. The molecule has 0 spiro atoms. The van der Waals surface area contributed by atoms with E-state index in [9.17, 15) is 10.1 Å². The molecule has 0 aliphatic heterocycles. The van der Waals surface area contributed by atoms with Crippen molar-refractivity contribution < 1.29 is 4.79 Å². The summed E-state index contributed by atoms with van der Waals surface area (Å²) in [7, 11) is 0. The molecule has 1 fully saturated rings. The van der Waals surface area contributed by atoms with Gasteiger partial charge in [0.2, 0.25) is 0 Å². The Balaban J connectivity index is 2.02. The third-order valence-electron chi connectivity index (χ3n) is 4.21. The van der Waals surface area contributed by atoms with Crippen LogP contribution in [0, 0.1) is 32.1 Å². The fraction of sp³-hybridized carbons (Fsp3) is 0.316. The molecule has 25 heavy (non-hydrogen) atoms. The van der Waals surface area contributed by atoms with Crippen LogP contribution in [-0.2, 0) is 4.79 Å². The number of nitrogens with zero attached hydrogens (tertiary/aromatic N) is 3. The van der Waals surface area contributed by atoms with Crippen LogP contribution in [0.1, 0.15) is 35.2 Å². The topological polar surface area (TPSA) is 70.7 Å². The minimum Gasteiger partial charge on any atom is -0.349 e. The summed E-state index contributed by atoms with van der Waals surface area (Å²) in [5.41, 5.74) is 4.31. The maximum Gasteiger partial charge on any atom is 0.262 e. The number of nitriles is 1. The molecule has 1 aromatic carbocycles. The van der Waals surface area contributed by atoms with Crippen LogP contribution in [0.5, 0.6) is 0 Å². The molecule has 128 valence electrons. The van der Waals surface area contributed by atoms with Crippen molar-refractivity contribution in [3.05, 3.63) is 51.3 Å². The summed E-state index contributed by atoms with van der Waals surface area (Å²) in [5.74, 6) is -0.361. The molecule has 0 saturated heterocycles. The van der Waals surface area contributed by atoms with Crippen LogP contribution in [-0.4, -0.2) is 21.7 Å². The van der Waals surface area contributed by atoms with Gasteiger partial charge >= 0.3 is 0 Å². The molecular weight excluding hydrogens is 336 g/mol. The van der Waals surface area contributed by atoms with Gasteiger partial charge in [0.15, 0.2) is 0 Å². The molecule has 0 bridgehead atoms. The molecule has 2 aromatic rings. The molecule has 1 heterocycles. The van der Waals surface area contributed by atoms with Gasteiger partial charge in [0.1, 0.15) is 16.8 Å². The monoisotopic (exact) mass is 354 g/mol. The predicted molar refractivity (Wildman–Crippen MR) is 97.5 cm³/mol. The quantitative estimate of drug-likeness (QED) is 0.673. The van der Waals surface area contributed by atoms with E-state index in [2.05, 4.69) is 10.4 Å². The maximum absolute atomic E-state index is 12.2. The van der Waals surface area contributed by atoms with E-state index in [-0.39, 0.29) is 17.5 Å². The van der Waals surface area contributed by atoms with Gasteiger partial charge in [-0.1, -0.05) is 23.7 Å². The number of carbonyl (C=O) groups excluding carboxylic acids is 1. The average molecular weight is 355 g/mol. The summed E-state index contributed by atoms with van der Waals surface area (Å²) in [4.78, 5) is 12.2. The molecule has 6 heteroatoms. The molecule has 0 unspecified atom stereocenters. The van der Waals surface area contributed by atoms with E-state index in [4.69, 9.17) is 11.6 Å². The number of hydrogen-bond donors (Lipinski definition) is 1. The van der Waals surface area contributed by atoms with Gasteiger partial charge in [-0.25, -0.2) is 4.68 Å². The van der Waals surface area contributed by atoms with Crippen molar-refractivity contribution >= 4 is 23.6 Å².